The van der Waals surface area contributed by atoms with Gasteiger partial charge in [-0.3, -0.25) is 0 Å². The molecule has 1 aromatic carbocycles. The quantitative estimate of drug-likeness (QED) is 0.732. The predicted molar refractivity (Wildman–Crippen MR) is 81.7 cm³/mol. The van der Waals surface area contributed by atoms with Gasteiger partial charge in [0.25, 0.3) is 0 Å². The summed E-state index contributed by atoms with van der Waals surface area (Å²) in [6.45, 7) is 5.05. The molecule has 0 aliphatic rings. The normalized spacial score (nSPS) is 12.9. The van der Waals surface area contributed by atoms with E-state index >= 15 is 0 Å². The van der Waals surface area contributed by atoms with Crippen LogP contribution in [0.15, 0.2) is 24.3 Å². The molecule has 0 radical (unpaired) electrons. The molecule has 3 nitrogen and oxygen atoms in total. The van der Waals surface area contributed by atoms with Gasteiger partial charge in [-0.15, -0.1) is 0 Å². The van der Waals surface area contributed by atoms with Crippen molar-refractivity contribution in [1.29, 1.82) is 0 Å². The van der Waals surface area contributed by atoms with Crippen LogP contribution in [-0.2, 0) is 0 Å². The van der Waals surface area contributed by atoms with Crippen LogP contribution in [0.3, 0.4) is 0 Å². The third-order valence-corrected chi connectivity index (χ3v) is 3.41. The molecule has 0 aliphatic heterocycles. The Morgan fingerprint density at radius 3 is 2.79 bits per heavy atom. The fourth-order valence-electron chi connectivity index (χ4n) is 2.06. The summed E-state index contributed by atoms with van der Waals surface area (Å²) in [7, 11) is 2.03. The van der Waals surface area contributed by atoms with Gasteiger partial charge >= 0.3 is 0 Å². The minimum Gasteiger partial charge on any atom is -0.395 e. The van der Waals surface area contributed by atoms with E-state index in [1.807, 2.05) is 25.2 Å². The highest BCUT2D eigenvalue weighted by molar-refractivity contribution is 6.30. The Bertz CT molecular complexity index is 360. The molecule has 4 heteroatoms. The van der Waals surface area contributed by atoms with Crippen molar-refractivity contribution in [2.75, 3.05) is 33.3 Å². The lowest BCUT2D eigenvalue weighted by atomic mass is 10.0. The van der Waals surface area contributed by atoms with E-state index in [0.29, 0.717) is 6.04 Å². The number of likely N-dealkylation sites (N-methyl/N-ethyl adjacent to an activating group) is 1. The monoisotopic (exact) mass is 284 g/mol. The summed E-state index contributed by atoms with van der Waals surface area (Å²) in [6.07, 6.45) is 2.13. The molecule has 0 spiro atoms. The minimum absolute atomic E-state index is 0.209. The standard InChI is InChI=1S/C15H25ClN2O/c1-3-8-17-15(7-9-18(2)10-11-19)13-5-4-6-14(16)12-13/h4-6,12,15,17,19H,3,7-11H2,1-2H3. The molecule has 2 N–H and O–H groups in total. The summed E-state index contributed by atoms with van der Waals surface area (Å²) in [5.41, 5.74) is 1.23. The molecule has 1 aromatic rings. The van der Waals surface area contributed by atoms with E-state index in [4.69, 9.17) is 16.7 Å². The Balaban J connectivity index is 2.61. The fraction of sp³-hybridized carbons (Fsp3) is 0.600. The van der Waals surface area contributed by atoms with Gasteiger partial charge in [0.15, 0.2) is 0 Å². The van der Waals surface area contributed by atoms with Crippen molar-refractivity contribution in [3.63, 3.8) is 0 Å². The van der Waals surface area contributed by atoms with Crippen LogP contribution < -0.4 is 5.32 Å². The molecule has 0 heterocycles. The van der Waals surface area contributed by atoms with Crippen LogP contribution in [0.5, 0.6) is 0 Å². The van der Waals surface area contributed by atoms with Gasteiger partial charge in [-0.2, -0.15) is 0 Å². The molecule has 0 fully saturated rings. The molecule has 0 amide bonds. The maximum atomic E-state index is 8.92. The van der Waals surface area contributed by atoms with Crippen LogP contribution >= 0.6 is 11.6 Å². The molecule has 1 atom stereocenters. The smallest absolute Gasteiger partial charge is 0.0558 e. The number of rotatable bonds is 9. The Morgan fingerprint density at radius 2 is 2.16 bits per heavy atom. The maximum absolute atomic E-state index is 8.92. The molecule has 19 heavy (non-hydrogen) atoms. The van der Waals surface area contributed by atoms with E-state index in [-0.39, 0.29) is 6.61 Å². The molecule has 1 unspecified atom stereocenters. The lowest BCUT2D eigenvalue weighted by molar-refractivity contribution is 0.215. The van der Waals surface area contributed by atoms with E-state index < -0.39 is 0 Å². The summed E-state index contributed by atoms with van der Waals surface area (Å²) in [4.78, 5) is 2.14. The van der Waals surface area contributed by atoms with Crippen molar-refractivity contribution < 1.29 is 5.11 Å². The van der Waals surface area contributed by atoms with Crippen molar-refractivity contribution in [3.05, 3.63) is 34.9 Å². The second-order valence-electron chi connectivity index (χ2n) is 4.88. The summed E-state index contributed by atoms with van der Waals surface area (Å²) in [6, 6.07) is 8.36. The summed E-state index contributed by atoms with van der Waals surface area (Å²) in [5, 5.41) is 13.3. The minimum atomic E-state index is 0.209. The van der Waals surface area contributed by atoms with Gasteiger partial charge in [-0.1, -0.05) is 30.7 Å². The summed E-state index contributed by atoms with van der Waals surface area (Å²) in [5.74, 6) is 0. The molecule has 108 valence electrons. The maximum Gasteiger partial charge on any atom is 0.0558 e. The molecule has 0 aromatic heterocycles. The van der Waals surface area contributed by atoms with E-state index in [0.717, 1.165) is 37.5 Å². The topological polar surface area (TPSA) is 35.5 Å². The number of hydrogen-bond acceptors (Lipinski definition) is 3. The van der Waals surface area contributed by atoms with Crippen LogP contribution in [0.2, 0.25) is 5.02 Å². The Kier molecular flexibility index (Phi) is 8.07. The van der Waals surface area contributed by atoms with E-state index in [1.165, 1.54) is 5.56 Å². The third-order valence-electron chi connectivity index (χ3n) is 3.17. The Morgan fingerprint density at radius 1 is 1.37 bits per heavy atom. The van der Waals surface area contributed by atoms with Gasteiger partial charge in [-0.25, -0.2) is 0 Å². The van der Waals surface area contributed by atoms with Crippen LogP contribution in [0.4, 0.5) is 0 Å². The fourth-order valence-corrected chi connectivity index (χ4v) is 2.26. The van der Waals surface area contributed by atoms with Crippen molar-refractivity contribution in [2.24, 2.45) is 0 Å². The van der Waals surface area contributed by atoms with Crippen LogP contribution in [0.1, 0.15) is 31.4 Å². The highest BCUT2D eigenvalue weighted by Crippen LogP contribution is 2.20. The zero-order chi connectivity index (χ0) is 14.1. The largest absolute Gasteiger partial charge is 0.395 e. The molecular formula is C15H25ClN2O. The lowest BCUT2D eigenvalue weighted by Crippen LogP contribution is -2.29. The van der Waals surface area contributed by atoms with Gasteiger partial charge < -0.3 is 15.3 Å². The second kappa shape index (κ2) is 9.32. The van der Waals surface area contributed by atoms with Crippen LogP contribution in [0, 0.1) is 0 Å². The molecule has 1 rings (SSSR count). The Labute approximate surface area is 121 Å². The third kappa shape index (κ3) is 6.39. The van der Waals surface area contributed by atoms with E-state index in [2.05, 4.69) is 23.2 Å². The molecule has 0 bridgehead atoms. The first-order valence-electron chi connectivity index (χ1n) is 6.95. The van der Waals surface area contributed by atoms with Crippen molar-refractivity contribution in [2.45, 2.75) is 25.8 Å². The van der Waals surface area contributed by atoms with Gasteiger partial charge in [-0.05, 0) is 50.7 Å². The van der Waals surface area contributed by atoms with Crippen LogP contribution in [-0.4, -0.2) is 43.3 Å². The second-order valence-corrected chi connectivity index (χ2v) is 5.31. The lowest BCUT2D eigenvalue weighted by Gasteiger charge is -2.22. The van der Waals surface area contributed by atoms with Crippen LogP contribution in [0.25, 0.3) is 0 Å². The van der Waals surface area contributed by atoms with Gasteiger partial charge in [0.05, 0.1) is 6.61 Å². The molecular weight excluding hydrogens is 260 g/mol. The summed E-state index contributed by atoms with van der Waals surface area (Å²) < 4.78 is 0. The Hall–Kier alpha value is -0.610. The molecule has 0 saturated carbocycles. The van der Waals surface area contributed by atoms with E-state index in [9.17, 15) is 0 Å². The first-order valence-corrected chi connectivity index (χ1v) is 7.33. The average Bonchev–Trinajstić information content (AvgIpc) is 2.39. The predicted octanol–water partition coefficient (Wildman–Crippen LogP) is 2.69. The number of nitrogens with zero attached hydrogens (tertiary/aromatic N) is 1. The van der Waals surface area contributed by atoms with Crippen molar-refractivity contribution in [3.8, 4) is 0 Å². The average molecular weight is 285 g/mol. The van der Waals surface area contributed by atoms with Gasteiger partial charge in [0.1, 0.15) is 0 Å². The number of aliphatic hydroxyl groups excluding tert-OH is 1. The number of hydrogen-bond donors (Lipinski definition) is 2. The number of nitrogens with one attached hydrogen (secondary N) is 1. The van der Waals surface area contributed by atoms with Crippen molar-refractivity contribution in [1.82, 2.24) is 10.2 Å². The zero-order valence-electron chi connectivity index (χ0n) is 11.9. The van der Waals surface area contributed by atoms with Gasteiger partial charge in [0.2, 0.25) is 0 Å². The number of halogens is 1. The highest BCUT2D eigenvalue weighted by atomic mass is 35.5. The SMILES string of the molecule is CCCNC(CCN(C)CCO)c1cccc(Cl)c1. The zero-order valence-corrected chi connectivity index (χ0v) is 12.7. The number of aliphatic hydroxyl groups is 1. The summed E-state index contributed by atoms with van der Waals surface area (Å²) >= 11 is 6.06. The first-order chi connectivity index (χ1) is 9.17. The highest BCUT2D eigenvalue weighted by Gasteiger charge is 2.11. The van der Waals surface area contributed by atoms with Crippen molar-refractivity contribution >= 4 is 11.6 Å². The first kappa shape index (κ1) is 16.4. The van der Waals surface area contributed by atoms with Gasteiger partial charge in [0, 0.05) is 17.6 Å². The van der Waals surface area contributed by atoms with E-state index in [1.54, 1.807) is 0 Å². The molecule has 0 aliphatic carbocycles. The number of benzene rings is 1. The molecule has 0 saturated heterocycles.